The average Bonchev–Trinajstić information content (AvgIpc) is 3.08. The summed E-state index contributed by atoms with van der Waals surface area (Å²) in [6.07, 6.45) is 0. The van der Waals surface area contributed by atoms with E-state index in [9.17, 15) is 12.8 Å². The highest BCUT2D eigenvalue weighted by Crippen LogP contribution is 2.34. The second-order valence-corrected chi connectivity index (χ2v) is 10.8. The Kier molecular flexibility index (Phi) is 5.62. The van der Waals surface area contributed by atoms with Gasteiger partial charge in [0.25, 0.3) is 0 Å². The van der Waals surface area contributed by atoms with E-state index in [0.717, 1.165) is 16.3 Å². The van der Waals surface area contributed by atoms with Crippen LogP contribution < -0.4 is 0 Å². The molecule has 2 unspecified atom stereocenters. The SMILES string of the molecule is O=S1(=O)CC2N=C(SCc3ccc(F)cc3Cl)N(Cc3ccc(Cl)cc3)C2C1. The van der Waals surface area contributed by atoms with Crippen LogP contribution in [0.3, 0.4) is 0 Å². The van der Waals surface area contributed by atoms with Crippen LogP contribution in [0.5, 0.6) is 0 Å². The summed E-state index contributed by atoms with van der Waals surface area (Å²) in [4.78, 5) is 6.74. The number of amidine groups is 1. The molecule has 0 aliphatic carbocycles. The summed E-state index contributed by atoms with van der Waals surface area (Å²) in [6, 6.07) is 11.4. The second-order valence-electron chi connectivity index (χ2n) is 6.90. The molecular formula is C19H17Cl2FN2O2S2. The van der Waals surface area contributed by atoms with E-state index in [-0.39, 0.29) is 29.4 Å². The van der Waals surface area contributed by atoms with Crippen molar-refractivity contribution in [3.05, 3.63) is 69.5 Å². The van der Waals surface area contributed by atoms with Gasteiger partial charge in [-0.1, -0.05) is 53.2 Å². The number of aliphatic imine (C=N–C) groups is 1. The van der Waals surface area contributed by atoms with E-state index < -0.39 is 9.84 Å². The van der Waals surface area contributed by atoms with Crippen LogP contribution in [0.1, 0.15) is 11.1 Å². The van der Waals surface area contributed by atoms with Crippen molar-refractivity contribution in [1.29, 1.82) is 0 Å². The van der Waals surface area contributed by atoms with E-state index in [1.165, 1.54) is 23.9 Å². The van der Waals surface area contributed by atoms with Gasteiger partial charge in [0.1, 0.15) is 5.82 Å². The summed E-state index contributed by atoms with van der Waals surface area (Å²) in [6.45, 7) is 0.552. The molecule has 1 fully saturated rings. The van der Waals surface area contributed by atoms with E-state index in [0.29, 0.717) is 22.3 Å². The van der Waals surface area contributed by atoms with Crippen LogP contribution in [0, 0.1) is 5.82 Å². The van der Waals surface area contributed by atoms with Gasteiger partial charge in [-0.3, -0.25) is 4.99 Å². The minimum Gasteiger partial charge on any atom is -0.341 e. The van der Waals surface area contributed by atoms with E-state index in [1.807, 2.05) is 24.3 Å². The van der Waals surface area contributed by atoms with Crippen LogP contribution in [0.25, 0.3) is 0 Å². The Morgan fingerprint density at radius 2 is 1.89 bits per heavy atom. The Balaban J connectivity index is 1.55. The third-order valence-corrected chi connectivity index (χ3v) is 8.21. The molecule has 0 bridgehead atoms. The summed E-state index contributed by atoms with van der Waals surface area (Å²) < 4.78 is 37.4. The highest BCUT2D eigenvalue weighted by Gasteiger charge is 2.46. The number of hydrogen-bond acceptors (Lipinski definition) is 5. The van der Waals surface area contributed by atoms with Crippen LogP contribution in [0.15, 0.2) is 47.5 Å². The number of rotatable bonds is 4. The van der Waals surface area contributed by atoms with Gasteiger partial charge in [0.05, 0.1) is 23.6 Å². The maximum atomic E-state index is 13.3. The van der Waals surface area contributed by atoms with Gasteiger partial charge in [-0.2, -0.15) is 0 Å². The average molecular weight is 459 g/mol. The lowest BCUT2D eigenvalue weighted by atomic mass is 10.1. The van der Waals surface area contributed by atoms with Gasteiger partial charge in [-0.05, 0) is 35.4 Å². The predicted octanol–water partition coefficient (Wildman–Crippen LogP) is 4.40. The molecule has 9 heteroatoms. The number of nitrogens with zero attached hydrogens (tertiary/aromatic N) is 2. The third-order valence-electron chi connectivity index (χ3n) is 4.85. The molecule has 0 amide bonds. The third kappa shape index (κ3) is 4.32. The molecule has 0 N–H and O–H groups in total. The zero-order valence-electron chi connectivity index (χ0n) is 14.7. The zero-order chi connectivity index (χ0) is 19.9. The predicted molar refractivity (Wildman–Crippen MR) is 113 cm³/mol. The van der Waals surface area contributed by atoms with Crippen molar-refractivity contribution >= 4 is 50.0 Å². The number of sulfone groups is 1. The molecule has 2 aromatic rings. The van der Waals surface area contributed by atoms with Crippen molar-refractivity contribution in [3.63, 3.8) is 0 Å². The van der Waals surface area contributed by atoms with Crippen LogP contribution in [-0.4, -0.2) is 42.1 Å². The van der Waals surface area contributed by atoms with E-state index in [4.69, 9.17) is 23.2 Å². The molecular weight excluding hydrogens is 442 g/mol. The van der Waals surface area contributed by atoms with Gasteiger partial charge in [-0.15, -0.1) is 0 Å². The lowest BCUT2D eigenvalue weighted by molar-refractivity contribution is 0.343. The molecule has 28 heavy (non-hydrogen) atoms. The van der Waals surface area contributed by atoms with Crippen LogP contribution in [0.4, 0.5) is 4.39 Å². The Labute approximate surface area is 177 Å². The van der Waals surface area contributed by atoms with Crippen molar-refractivity contribution in [3.8, 4) is 0 Å². The quantitative estimate of drug-likeness (QED) is 0.680. The van der Waals surface area contributed by atoms with Crippen LogP contribution >= 0.6 is 35.0 Å². The number of halogens is 3. The standard InChI is InChI=1S/C19H17Cl2FN2O2S2/c20-14-4-1-12(2-5-14)8-24-18-11-28(25,26)10-17(18)23-19(24)27-9-13-3-6-15(22)7-16(13)21/h1-7,17-18H,8-11H2. The van der Waals surface area contributed by atoms with Crippen molar-refractivity contribution in [2.24, 2.45) is 4.99 Å². The van der Waals surface area contributed by atoms with Crippen molar-refractivity contribution in [2.45, 2.75) is 24.4 Å². The monoisotopic (exact) mass is 458 g/mol. The molecule has 148 valence electrons. The lowest BCUT2D eigenvalue weighted by Gasteiger charge is -2.26. The molecule has 0 spiro atoms. The Morgan fingerprint density at radius 1 is 1.14 bits per heavy atom. The summed E-state index contributed by atoms with van der Waals surface area (Å²) in [7, 11) is -3.08. The van der Waals surface area contributed by atoms with Crippen molar-refractivity contribution < 1.29 is 12.8 Å². The number of hydrogen-bond donors (Lipinski definition) is 0. The van der Waals surface area contributed by atoms with Gasteiger partial charge in [0.15, 0.2) is 15.0 Å². The van der Waals surface area contributed by atoms with Crippen LogP contribution in [0.2, 0.25) is 10.0 Å². The topological polar surface area (TPSA) is 49.7 Å². The zero-order valence-corrected chi connectivity index (χ0v) is 17.8. The number of thioether (sulfide) groups is 1. The molecule has 4 rings (SSSR count). The number of benzene rings is 2. The van der Waals surface area contributed by atoms with Crippen molar-refractivity contribution in [1.82, 2.24) is 4.90 Å². The maximum absolute atomic E-state index is 13.3. The van der Waals surface area contributed by atoms with E-state index in [2.05, 4.69) is 9.89 Å². The van der Waals surface area contributed by atoms with Gasteiger partial charge in [0, 0.05) is 22.3 Å². The summed E-state index contributed by atoms with van der Waals surface area (Å²) in [5.74, 6) is 0.342. The maximum Gasteiger partial charge on any atom is 0.160 e. The first-order valence-corrected chi connectivity index (χ1v) is 12.2. The summed E-state index contributed by atoms with van der Waals surface area (Å²) >= 11 is 13.6. The van der Waals surface area contributed by atoms with Gasteiger partial charge < -0.3 is 4.90 Å². The first-order valence-electron chi connectivity index (χ1n) is 8.67. The molecule has 0 radical (unpaired) electrons. The fourth-order valence-corrected chi connectivity index (χ4v) is 6.89. The minimum absolute atomic E-state index is 0.0795. The highest BCUT2D eigenvalue weighted by molar-refractivity contribution is 8.13. The Hall–Kier alpha value is -1.28. The first-order chi connectivity index (χ1) is 13.3. The highest BCUT2D eigenvalue weighted by atomic mass is 35.5. The largest absolute Gasteiger partial charge is 0.341 e. The molecule has 4 nitrogen and oxygen atoms in total. The Morgan fingerprint density at radius 3 is 2.61 bits per heavy atom. The first kappa shape index (κ1) is 20.0. The minimum atomic E-state index is -3.08. The molecule has 0 saturated carbocycles. The summed E-state index contributed by atoms with van der Waals surface area (Å²) in [5.41, 5.74) is 1.84. The van der Waals surface area contributed by atoms with Gasteiger partial charge in [-0.25, -0.2) is 12.8 Å². The molecule has 2 aliphatic heterocycles. The summed E-state index contributed by atoms with van der Waals surface area (Å²) in [5, 5.41) is 1.82. The van der Waals surface area contributed by atoms with Gasteiger partial charge >= 0.3 is 0 Å². The van der Waals surface area contributed by atoms with E-state index in [1.54, 1.807) is 6.07 Å². The molecule has 1 saturated heterocycles. The van der Waals surface area contributed by atoms with Gasteiger partial charge in [0.2, 0.25) is 0 Å². The molecule has 0 aromatic heterocycles. The molecule has 2 aliphatic rings. The van der Waals surface area contributed by atoms with Crippen LogP contribution in [-0.2, 0) is 22.1 Å². The molecule has 2 aromatic carbocycles. The number of fused-ring (bicyclic) bond motifs is 1. The normalized spacial score (nSPS) is 23.0. The van der Waals surface area contributed by atoms with E-state index >= 15 is 0 Å². The lowest BCUT2D eigenvalue weighted by Crippen LogP contribution is -2.38. The molecule has 2 atom stereocenters. The fourth-order valence-electron chi connectivity index (χ4n) is 3.46. The fraction of sp³-hybridized carbons (Fsp3) is 0.316. The molecule has 2 heterocycles. The Bertz CT molecular complexity index is 1030. The second kappa shape index (κ2) is 7.86. The van der Waals surface area contributed by atoms with Crippen molar-refractivity contribution in [2.75, 3.05) is 11.5 Å². The smallest absolute Gasteiger partial charge is 0.160 e.